The summed E-state index contributed by atoms with van der Waals surface area (Å²) in [5.41, 5.74) is 32.6. The molecular weight excluding hydrogens is 1270 g/mol. The Labute approximate surface area is 608 Å². The van der Waals surface area contributed by atoms with Crippen molar-refractivity contribution in [2.24, 2.45) is 0 Å². The maximum absolute atomic E-state index is 5.34. The van der Waals surface area contributed by atoms with Crippen LogP contribution in [0.2, 0.25) is 0 Å². The second kappa shape index (κ2) is 23.1. The van der Waals surface area contributed by atoms with Crippen molar-refractivity contribution in [3.05, 3.63) is 362 Å². The molecule has 2 aliphatic carbocycles. The van der Waals surface area contributed by atoms with Gasteiger partial charge in [-0.25, -0.2) is 15.0 Å². The number of benzene rings is 15. The molecule has 0 spiro atoms. The van der Waals surface area contributed by atoms with Crippen LogP contribution in [0.4, 0.5) is 0 Å². The molecule has 6 nitrogen and oxygen atoms in total. The number of para-hydroxylation sites is 2. The first-order valence-corrected chi connectivity index (χ1v) is 36.4. The van der Waals surface area contributed by atoms with Gasteiger partial charge in [-0.15, -0.1) is 0 Å². The van der Waals surface area contributed by atoms with E-state index in [1.54, 1.807) is 0 Å². The molecule has 0 saturated carbocycles. The molecule has 0 amide bonds. The average Bonchev–Trinajstić information content (AvgIpc) is 1.58. The van der Waals surface area contributed by atoms with E-state index in [0.29, 0.717) is 17.5 Å². The highest BCUT2D eigenvalue weighted by Gasteiger charge is 2.37. The maximum Gasteiger partial charge on any atom is 0.164 e. The number of rotatable bonds is 10. The highest BCUT2D eigenvalue weighted by Crippen LogP contribution is 2.52. The van der Waals surface area contributed by atoms with Gasteiger partial charge in [0.1, 0.15) is 0 Å². The molecule has 0 aliphatic heterocycles. The van der Waals surface area contributed by atoms with Crippen LogP contribution in [0.3, 0.4) is 0 Å². The van der Waals surface area contributed by atoms with E-state index in [4.69, 9.17) is 15.0 Å². The van der Waals surface area contributed by atoms with Crippen LogP contribution in [0.15, 0.2) is 340 Å². The minimum absolute atomic E-state index is 0.124. The zero-order valence-electron chi connectivity index (χ0n) is 58.5. The molecule has 0 unspecified atom stereocenters. The van der Waals surface area contributed by atoms with Crippen LogP contribution in [0, 0.1) is 0 Å². The fourth-order valence-corrected chi connectivity index (χ4v) is 17.6. The molecule has 15 aromatic carbocycles. The standard InChI is InChI=1S/C99H68N6/c1-98(2)85-30-15-11-26-75(85)77-48-46-73(59-87(77)98)104-89-32-17-13-28-79(89)81-55-67(42-50-91(81)104)69-44-52-93-83(57-69)84-58-70(68-43-51-92-82(56-68)80-29-14-18-33-90(80)105(92)74-47-49-78-76-27-12-16-31-86(76)99(3,4)88(78)60-74)45-53-94(84)103(93)72-25-19-24-71(54-72)97-101-95(65-38-34-63(35-39-65)61-20-7-5-8-21-61)100-96(102-97)66-40-36-64(37-41-66)62-22-9-6-10-23-62/h5-60H,1-4H3. The van der Waals surface area contributed by atoms with Gasteiger partial charge in [0.2, 0.25) is 0 Å². The van der Waals surface area contributed by atoms with Gasteiger partial charge in [-0.1, -0.05) is 270 Å². The fourth-order valence-electron chi connectivity index (χ4n) is 17.6. The average molecular weight is 1340 g/mol. The molecule has 0 radical (unpaired) electrons. The van der Waals surface area contributed by atoms with Crippen molar-refractivity contribution in [1.82, 2.24) is 28.7 Å². The van der Waals surface area contributed by atoms with Gasteiger partial charge < -0.3 is 13.7 Å². The van der Waals surface area contributed by atoms with E-state index in [0.717, 1.165) is 88.7 Å². The Morgan fingerprint density at radius 1 is 0.190 bits per heavy atom. The quantitative estimate of drug-likeness (QED) is 0.137. The minimum atomic E-state index is -0.124. The molecule has 105 heavy (non-hydrogen) atoms. The van der Waals surface area contributed by atoms with E-state index in [9.17, 15) is 0 Å². The summed E-state index contributed by atoms with van der Waals surface area (Å²) >= 11 is 0. The minimum Gasteiger partial charge on any atom is -0.309 e. The van der Waals surface area contributed by atoms with Crippen LogP contribution in [0.1, 0.15) is 49.9 Å². The topological polar surface area (TPSA) is 53.5 Å². The van der Waals surface area contributed by atoms with Crippen molar-refractivity contribution in [3.63, 3.8) is 0 Å². The van der Waals surface area contributed by atoms with Gasteiger partial charge in [-0.2, -0.15) is 0 Å². The van der Waals surface area contributed by atoms with E-state index >= 15 is 0 Å². The van der Waals surface area contributed by atoms with E-state index in [2.05, 4.69) is 381 Å². The van der Waals surface area contributed by atoms with E-state index < -0.39 is 0 Å². The number of hydrogen-bond acceptors (Lipinski definition) is 3. The van der Waals surface area contributed by atoms with E-state index in [1.807, 2.05) is 0 Å². The van der Waals surface area contributed by atoms with Crippen molar-refractivity contribution in [2.75, 3.05) is 0 Å². The van der Waals surface area contributed by atoms with Gasteiger partial charge in [0.25, 0.3) is 0 Å². The molecule has 0 bridgehead atoms. The largest absolute Gasteiger partial charge is 0.309 e. The van der Waals surface area contributed by atoms with Crippen LogP contribution in [0.5, 0.6) is 0 Å². The Bertz CT molecular complexity index is 6420. The zero-order valence-corrected chi connectivity index (χ0v) is 58.5. The molecule has 4 heterocycles. The first-order chi connectivity index (χ1) is 51.5. The summed E-state index contributed by atoms with van der Waals surface area (Å²) in [6, 6.07) is 125. The zero-order chi connectivity index (χ0) is 69.8. The molecule has 4 aromatic heterocycles. The summed E-state index contributed by atoms with van der Waals surface area (Å²) in [6.07, 6.45) is 0. The molecule has 19 aromatic rings. The molecular formula is C99H68N6. The van der Waals surface area contributed by atoms with Crippen LogP contribution in [-0.4, -0.2) is 28.7 Å². The molecule has 2 aliphatic rings. The summed E-state index contributed by atoms with van der Waals surface area (Å²) < 4.78 is 7.36. The van der Waals surface area contributed by atoms with Crippen molar-refractivity contribution >= 4 is 65.4 Å². The number of nitrogens with zero attached hydrogens (tertiary/aromatic N) is 6. The second-order valence-corrected chi connectivity index (χ2v) is 29.5. The number of aromatic nitrogens is 6. The molecule has 6 heteroatoms. The van der Waals surface area contributed by atoms with Crippen LogP contribution >= 0.6 is 0 Å². The van der Waals surface area contributed by atoms with Gasteiger partial charge >= 0.3 is 0 Å². The Morgan fingerprint density at radius 2 is 0.486 bits per heavy atom. The third-order valence-corrected chi connectivity index (χ3v) is 22.9. The van der Waals surface area contributed by atoms with Crippen molar-refractivity contribution in [1.29, 1.82) is 0 Å². The predicted octanol–water partition coefficient (Wildman–Crippen LogP) is 25.4. The van der Waals surface area contributed by atoms with Gasteiger partial charge in [0.15, 0.2) is 17.5 Å². The lowest BCUT2D eigenvalue weighted by Gasteiger charge is -2.22. The normalized spacial score (nSPS) is 13.3. The number of fused-ring (bicyclic) bond motifs is 15. The Kier molecular flexibility index (Phi) is 13.3. The van der Waals surface area contributed by atoms with Crippen LogP contribution < -0.4 is 0 Å². The van der Waals surface area contributed by atoms with Gasteiger partial charge in [-0.3, -0.25) is 0 Å². The highest BCUT2D eigenvalue weighted by atomic mass is 15.0. The Hall–Kier alpha value is -13.3. The fraction of sp³-hybridized carbons (Fsp3) is 0.0606. The lowest BCUT2D eigenvalue weighted by Crippen LogP contribution is -2.15. The molecule has 494 valence electrons. The van der Waals surface area contributed by atoms with E-state index in [1.165, 1.54) is 99.5 Å². The third kappa shape index (κ3) is 9.46. The van der Waals surface area contributed by atoms with Crippen molar-refractivity contribution in [3.8, 4) is 118 Å². The summed E-state index contributed by atoms with van der Waals surface area (Å²) in [5, 5.41) is 7.19. The summed E-state index contributed by atoms with van der Waals surface area (Å²) in [7, 11) is 0. The molecule has 0 atom stereocenters. The van der Waals surface area contributed by atoms with Crippen LogP contribution in [0.25, 0.3) is 183 Å². The first-order valence-electron chi connectivity index (χ1n) is 36.4. The van der Waals surface area contributed by atoms with Crippen LogP contribution in [-0.2, 0) is 10.8 Å². The summed E-state index contributed by atoms with van der Waals surface area (Å²) in [4.78, 5) is 15.9. The van der Waals surface area contributed by atoms with Crippen molar-refractivity contribution < 1.29 is 0 Å². The summed E-state index contributed by atoms with van der Waals surface area (Å²) in [6.45, 7) is 9.46. The monoisotopic (exact) mass is 1340 g/mol. The third-order valence-electron chi connectivity index (χ3n) is 22.9. The molecule has 21 rings (SSSR count). The smallest absolute Gasteiger partial charge is 0.164 e. The molecule has 0 saturated heterocycles. The number of hydrogen-bond donors (Lipinski definition) is 0. The predicted molar refractivity (Wildman–Crippen MR) is 436 cm³/mol. The highest BCUT2D eigenvalue weighted by molar-refractivity contribution is 6.15. The Morgan fingerprint density at radius 3 is 0.905 bits per heavy atom. The first kappa shape index (κ1) is 60.5. The second-order valence-electron chi connectivity index (χ2n) is 29.5. The summed E-state index contributed by atoms with van der Waals surface area (Å²) in [5.74, 6) is 1.80. The van der Waals surface area contributed by atoms with Gasteiger partial charge in [-0.05, 0) is 186 Å². The van der Waals surface area contributed by atoms with Gasteiger partial charge in [0, 0.05) is 76.9 Å². The lowest BCUT2D eigenvalue weighted by atomic mass is 9.82. The van der Waals surface area contributed by atoms with E-state index in [-0.39, 0.29) is 10.8 Å². The lowest BCUT2D eigenvalue weighted by molar-refractivity contribution is 0.660. The van der Waals surface area contributed by atoms with Crippen molar-refractivity contribution in [2.45, 2.75) is 38.5 Å². The molecule has 0 N–H and O–H groups in total. The SMILES string of the molecule is CC1(C)c2ccccc2-c2ccc(-n3c4ccccc4c4cc(-c5ccc6c(c5)c5cc(-c7ccc8c(c7)c7ccccc7n8-c7ccc8c(c7)C(C)(C)c7ccccc7-8)ccc5n6-c5cccc(-c6nc(-c7ccc(-c8ccccc8)cc7)nc(-c7ccc(-c8ccccc8)cc7)n6)c5)ccc43)cc21. The van der Waals surface area contributed by atoms with Gasteiger partial charge in [0.05, 0.1) is 33.1 Å². The maximum atomic E-state index is 5.34. The molecule has 0 fully saturated rings. The Balaban J connectivity index is 0.718.